The molecule has 1 saturated heterocycles. The van der Waals surface area contributed by atoms with Gasteiger partial charge in [-0.15, -0.1) is 0 Å². The number of hydrogen-bond acceptors (Lipinski definition) is 2. The summed E-state index contributed by atoms with van der Waals surface area (Å²) >= 11 is 0. The highest BCUT2D eigenvalue weighted by atomic mass is 19.1. The largest absolute Gasteiger partial charge is 0.359 e. The molecule has 0 spiro atoms. The van der Waals surface area contributed by atoms with Gasteiger partial charge in [0.2, 0.25) is 0 Å². The molecule has 0 aliphatic carbocycles. The Bertz CT molecular complexity index is 400. The van der Waals surface area contributed by atoms with Gasteiger partial charge in [0.05, 0.1) is 5.54 Å². The molecule has 2 rings (SSSR count). The van der Waals surface area contributed by atoms with E-state index in [9.17, 15) is 9.18 Å². The Hall–Kier alpha value is -1.38. The lowest BCUT2D eigenvalue weighted by molar-refractivity contribution is -0.120. The van der Waals surface area contributed by atoms with Crippen LogP contribution in [0.4, 0.5) is 10.1 Å². The molecular weight excluding hydrogens is 193 g/mol. The van der Waals surface area contributed by atoms with Crippen LogP contribution in [0.5, 0.6) is 0 Å². The number of rotatable bonds is 1. The SMILES string of the molecule is CC1(C)C(=O)CCN1c1cccc(F)c1. The van der Waals surface area contributed by atoms with Crippen LogP contribution in [-0.4, -0.2) is 17.9 Å². The maximum Gasteiger partial charge on any atom is 0.159 e. The Morgan fingerprint density at radius 3 is 2.67 bits per heavy atom. The summed E-state index contributed by atoms with van der Waals surface area (Å²) in [4.78, 5) is 13.6. The van der Waals surface area contributed by atoms with Gasteiger partial charge >= 0.3 is 0 Å². The Morgan fingerprint density at radius 2 is 2.13 bits per heavy atom. The number of ketones is 1. The Kier molecular flexibility index (Phi) is 2.25. The number of anilines is 1. The van der Waals surface area contributed by atoms with Crippen molar-refractivity contribution in [1.29, 1.82) is 0 Å². The zero-order valence-electron chi connectivity index (χ0n) is 8.96. The molecule has 0 unspecified atom stereocenters. The van der Waals surface area contributed by atoms with Crippen molar-refractivity contribution in [2.75, 3.05) is 11.4 Å². The predicted molar refractivity (Wildman–Crippen MR) is 57.4 cm³/mol. The summed E-state index contributed by atoms with van der Waals surface area (Å²) in [5.41, 5.74) is 0.277. The number of carbonyl (C=O) groups is 1. The van der Waals surface area contributed by atoms with Crippen LogP contribution in [0.3, 0.4) is 0 Å². The van der Waals surface area contributed by atoms with E-state index in [4.69, 9.17) is 0 Å². The minimum atomic E-state index is -0.506. The van der Waals surface area contributed by atoms with Crippen LogP contribution < -0.4 is 4.90 Å². The maximum atomic E-state index is 13.1. The fourth-order valence-corrected chi connectivity index (χ4v) is 2.05. The van der Waals surface area contributed by atoms with E-state index in [0.717, 1.165) is 5.69 Å². The monoisotopic (exact) mass is 207 g/mol. The smallest absolute Gasteiger partial charge is 0.159 e. The van der Waals surface area contributed by atoms with E-state index < -0.39 is 5.54 Å². The summed E-state index contributed by atoms with van der Waals surface area (Å²) in [6.07, 6.45) is 0.545. The van der Waals surface area contributed by atoms with Gasteiger partial charge in [-0.05, 0) is 32.0 Å². The fourth-order valence-electron chi connectivity index (χ4n) is 2.05. The van der Waals surface area contributed by atoms with Crippen LogP contribution in [0.15, 0.2) is 24.3 Å². The zero-order valence-corrected chi connectivity index (χ0v) is 8.96. The highest BCUT2D eigenvalue weighted by Crippen LogP contribution is 2.31. The van der Waals surface area contributed by atoms with E-state index in [0.29, 0.717) is 13.0 Å². The first-order valence-corrected chi connectivity index (χ1v) is 5.08. The van der Waals surface area contributed by atoms with Crippen LogP contribution >= 0.6 is 0 Å². The first-order valence-electron chi connectivity index (χ1n) is 5.08. The van der Waals surface area contributed by atoms with Crippen molar-refractivity contribution >= 4 is 11.5 Å². The van der Waals surface area contributed by atoms with Gasteiger partial charge < -0.3 is 4.90 Å². The van der Waals surface area contributed by atoms with Crippen molar-refractivity contribution in [2.45, 2.75) is 25.8 Å². The lowest BCUT2D eigenvalue weighted by Crippen LogP contribution is -2.42. The molecule has 0 N–H and O–H groups in total. The van der Waals surface area contributed by atoms with Gasteiger partial charge in [-0.25, -0.2) is 4.39 Å². The third-order valence-electron chi connectivity index (χ3n) is 3.04. The molecule has 15 heavy (non-hydrogen) atoms. The van der Waals surface area contributed by atoms with E-state index in [-0.39, 0.29) is 11.6 Å². The molecule has 0 bridgehead atoms. The lowest BCUT2D eigenvalue weighted by Gasteiger charge is -2.32. The van der Waals surface area contributed by atoms with Gasteiger partial charge in [0.25, 0.3) is 0 Å². The minimum Gasteiger partial charge on any atom is -0.359 e. The number of Topliss-reactive ketones (excluding diaryl/α,β-unsaturated/α-hetero) is 1. The van der Waals surface area contributed by atoms with Crippen LogP contribution in [0.2, 0.25) is 0 Å². The zero-order chi connectivity index (χ0) is 11.1. The van der Waals surface area contributed by atoms with E-state index in [1.165, 1.54) is 12.1 Å². The van der Waals surface area contributed by atoms with Gasteiger partial charge in [-0.1, -0.05) is 6.07 Å². The fraction of sp³-hybridized carbons (Fsp3) is 0.417. The molecule has 1 fully saturated rings. The van der Waals surface area contributed by atoms with Crippen LogP contribution in [0, 0.1) is 5.82 Å². The lowest BCUT2D eigenvalue weighted by atomic mass is 10.00. The number of benzene rings is 1. The first kappa shape index (κ1) is 10.1. The Morgan fingerprint density at radius 1 is 1.40 bits per heavy atom. The maximum absolute atomic E-state index is 13.1. The molecule has 0 radical (unpaired) electrons. The van der Waals surface area contributed by atoms with Gasteiger partial charge in [-0.3, -0.25) is 4.79 Å². The van der Waals surface area contributed by atoms with Crippen molar-refractivity contribution in [3.63, 3.8) is 0 Å². The Balaban J connectivity index is 2.36. The molecular formula is C12H14FNO. The topological polar surface area (TPSA) is 20.3 Å². The van der Waals surface area contributed by atoms with Crippen LogP contribution in [-0.2, 0) is 4.79 Å². The van der Waals surface area contributed by atoms with E-state index in [1.54, 1.807) is 6.07 Å². The molecule has 1 aliphatic heterocycles. The Labute approximate surface area is 88.7 Å². The standard InChI is InChI=1S/C12H14FNO/c1-12(2)11(15)6-7-14(12)10-5-3-4-9(13)8-10/h3-5,8H,6-7H2,1-2H3. The summed E-state index contributed by atoms with van der Waals surface area (Å²) < 4.78 is 13.1. The second-order valence-corrected chi connectivity index (χ2v) is 4.36. The summed E-state index contributed by atoms with van der Waals surface area (Å²) in [6, 6.07) is 6.39. The third-order valence-corrected chi connectivity index (χ3v) is 3.04. The molecule has 0 atom stereocenters. The second-order valence-electron chi connectivity index (χ2n) is 4.36. The first-order chi connectivity index (χ1) is 7.01. The number of hydrogen-bond donors (Lipinski definition) is 0. The third kappa shape index (κ3) is 1.62. The van der Waals surface area contributed by atoms with Gasteiger partial charge in [0.1, 0.15) is 5.82 Å². The molecule has 0 aromatic heterocycles. The second kappa shape index (κ2) is 3.33. The normalized spacial score (nSPS) is 19.7. The highest BCUT2D eigenvalue weighted by Gasteiger charge is 2.39. The predicted octanol–water partition coefficient (Wildman–Crippen LogP) is 2.38. The molecule has 80 valence electrons. The van der Waals surface area contributed by atoms with Gasteiger partial charge in [-0.2, -0.15) is 0 Å². The van der Waals surface area contributed by atoms with Crippen molar-refractivity contribution in [3.05, 3.63) is 30.1 Å². The van der Waals surface area contributed by atoms with Crippen molar-refractivity contribution in [1.82, 2.24) is 0 Å². The van der Waals surface area contributed by atoms with E-state index in [1.807, 2.05) is 24.8 Å². The average Bonchev–Trinajstić information content (AvgIpc) is 2.42. The molecule has 2 nitrogen and oxygen atoms in total. The molecule has 1 aromatic carbocycles. The number of nitrogens with zero attached hydrogens (tertiary/aromatic N) is 1. The van der Waals surface area contributed by atoms with Crippen molar-refractivity contribution in [3.8, 4) is 0 Å². The van der Waals surface area contributed by atoms with E-state index in [2.05, 4.69) is 0 Å². The summed E-state index contributed by atoms with van der Waals surface area (Å²) in [5.74, 6) is -0.0468. The summed E-state index contributed by atoms with van der Waals surface area (Å²) in [5, 5.41) is 0. The molecule has 3 heteroatoms. The van der Waals surface area contributed by atoms with Crippen LogP contribution in [0.1, 0.15) is 20.3 Å². The van der Waals surface area contributed by atoms with Gasteiger partial charge in [0.15, 0.2) is 5.78 Å². The number of halogens is 1. The van der Waals surface area contributed by atoms with Gasteiger partial charge in [0, 0.05) is 18.7 Å². The minimum absolute atomic E-state index is 0.215. The summed E-state index contributed by atoms with van der Waals surface area (Å²) in [7, 11) is 0. The van der Waals surface area contributed by atoms with E-state index >= 15 is 0 Å². The average molecular weight is 207 g/mol. The van der Waals surface area contributed by atoms with Crippen LogP contribution in [0.25, 0.3) is 0 Å². The molecule has 1 heterocycles. The molecule has 1 aromatic rings. The molecule has 0 saturated carbocycles. The molecule has 1 aliphatic rings. The quantitative estimate of drug-likeness (QED) is 0.704. The van der Waals surface area contributed by atoms with Crippen molar-refractivity contribution in [2.24, 2.45) is 0 Å². The number of carbonyl (C=O) groups excluding carboxylic acids is 1. The van der Waals surface area contributed by atoms with Crippen molar-refractivity contribution < 1.29 is 9.18 Å². The highest BCUT2D eigenvalue weighted by molar-refractivity contribution is 5.94. The summed E-state index contributed by atoms with van der Waals surface area (Å²) in [6.45, 7) is 4.44. The molecule has 0 amide bonds.